The van der Waals surface area contributed by atoms with Crippen LogP contribution in [0.4, 0.5) is 4.79 Å². The van der Waals surface area contributed by atoms with Gasteiger partial charge >= 0.3 is 18.0 Å². The lowest BCUT2D eigenvalue weighted by Gasteiger charge is -2.09. The Morgan fingerprint density at radius 1 is 1.29 bits per heavy atom. The smallest absolute Gasteiger partial charge is 0.334 e. The molecule has 0 rings (SSSR count). The summed E-state index contributed by atoms with van der Waals surface area (Å²) in [5.74, 6) is -1.85. The van der Waals surface area contributed by atoms with Crippen LogP contribution in [0.3, 0.4) is 0 Å². The molecule has 0 bridgehead atoms. The molecule has 0 spiro atoms. The highest BCUT2D eigenvalue weighted by molar-refractivity contribution is 5.77. The molecule has 0 aliphatic carbocycles. The zero-order valence-electron chi connectivity index (χ0n) is 9.43. The Labute approximate surface area is 97.9 Å². The third-order valence-electron chi connectivity index (χ3n) is 1.66. The highest BCUT2D eigenvalue weighted by Gasteiger charge is 2.13. The van der Waals surface area contributed by atoms with E-state index in [0.29, 0.717) is 0 Å². The van der Waals surface area contributed by atoms with E-state index in [4.69, 9.17) is 10.2 Å². The van der Waals surface area contributed by atoms with Gasteiger partial charge in [-0.1, -0.05) is 0 Å². The molecule has 4 N–H and O–H groups in total. The van der Waals surface area contributed by atoms with E-state index >= 15 is 0 Å². The molecular formula is C9H16N2O6. The van der Waals surface area contributed by atoms with Crippen molar-refractivity contribution < 1.29 is 29.3 Å². The van der Waals surface area contributed by atoms with Crippen LogP contribution in [0.5, 0.6) is 0 Å². The lowest BCUT2D eigenvalue weighted by atomic mass is 10.3. The third-order valence-corrected chi connectivity index (χ3v) is 1.66. The molecule has 0 radical (unpaired) electrons. The molecular weight excluding hydrogens is 232 g/mol. The lowest BCUT2D eigenvalue weighted by Crippen LogP contribution is -2.42. The fourth-order valence-electron chi connectivity index (χ4n) is 0.850. The standard InChI is InChI=1S/C9H16N2O6/c1-2-17-7(13)3-4-10-9(16)11-5-6(12)8(14)15/h6,12H,2-5H2,1H3,(H,14,15)(H2,10,11,16). The van der Waals surface area contributed by atoms with Crippen LogP contribution in [0, 0.1) is 0 Å². The highest BCUT2D eigenvalue weighted by atomic mass is 16.5. The summed E-state index contributed by atoms with van der Waals surface area (Å²) in [4.78, 5) is 32.1. The van der Waals surface area contributed by atoms with Crippen molar-refractivity contribution in [2.24, 2.45) is 0 Å². The minimum absolute atomic E-state index is 0.0305. The van der Waals surface area contributed by atoms with E-state index in [1.165, 1.54) is 0 Å². The van der Waals surface area contributed by atoms with Gasteiger partial charge in [0, 0.05) is 6.54 Å². The number of amides is 2. The zero-order valence-corrected chi connectivity index (χ0v) is 9.43. The van der Waals surface area contributed by atoms with Crippen LogP contribution >= 0.6 is 0 Å². The predicted molar refractivity (Wildman–Crippen MR) is 56.3 cm³/mol. The van der Waals surface area contributed by atoms with Gasteiger partial charge in [-0.3, -0.25) is 4.79 Å². The molecule has 17 heavy (non-hydrogen) atoms. The molecule has 98 valence electrons. The molecule has 1 unspecified atom stereocenters. The van der Waals surface area contributed by atoms with Crippen molar-refractivity contribution in [3.63, 3.8) is 0 Å². The number of carbonyl (C=O) groups is 3. The first kappa shape index (κ1) is 15.2. The first-order valence-corrected chi connectivity index (χ1v) is 5.05. The Morgan fingerprint density at radius 2 is 1.94 bits per heavy atom. The van der Waals surface area contributed by atoms with Crippen molar-refractivity contribution in [2.45, 2.75) is 19.4 Å². The van der Waals surface area contributed by atoms with E-state index in [1.54, 1.807) is 6.92 Å². The van der Waals surface area contributed by atoms with Gasteiger partial charge in [-0.15, -0.1) is 0 Å². The summed E-state index contributed by atoms with van der Waals surface area (Å²) >= 11 is 0. The van der Waals surface area contributed by atoms with Crippen molar-refractivity contribution in [3.05, 3.63) is 0 Å². The molecule has 0 aliphatic heterocycles. The number of hydrogen-bond donors (Lipinski definition) is 4. The van der Waals surface area contributed by atoms with Gasteiger partial charge in [0.25, 0.3) is 0 Å². The van der Waals surface area contributed by atoms with Crippen LogP contribution in [0.15, 0.2) is 0 Å². The van der Waals surface area contributed by atoms with E-state index in [-0.39, 0.29) is 19.6 Å². The van der Waals surface area contributed by atoms with Crippen LogP contribution in [-0.2, 0) is 14.3 Å². The summed E-state index contributed by atoms with van der Waals surface area (Å²) in [6.07, 6.45) is -1.62. The Kier molecular flexibility index (Phi) is 7.44. The predicted octanol–water partition coefficient (Wildman–Crippen LogP) is -1.32. The lowest BCUT2D eigenvalue weighted by molar-refractivity contribution is -0.146. The van der Waals surface area contributed by atoms with Crippen molar-refractivity contribution in [1.29, 1.82) is 0 Å². The summed E-state index contributed by atoms with van der Waals surface area (Å²) in [6.45, 7) is 1.62. The number of carbonyl (C=O) groups excluding carboxylic acids is 2. The number of rotatable bonds is 7. The number of hydrogen-bond acceptors (Lipinski definition) is 5. The number of aliphatic hydroxyl groups is 1. The number of aliphatic hydroxyl groups excluding tert-OH is 1. The second kappa shape index (κ2) is 8.34. The number of esters is 1. The van der Waals surface area contributed by atoms with Gasteiger partial charge in [0.1, 0.15) is 0 Å². The first-order valence-electron chi connectivity index (χ1n) is 5.05. The third kappa shape index (κ3) is 8.03. The summed E-state index contributed by atoms with van der Waals surface area (Å²) in [5, 5.41) is 21.6. The minimum Gasteiger partial charge on any atom is -0.479 e. The van der Waals surface area contributed by atoms with Gasteiger partial charge in [0.15, 0.2) is 6.10 Å². The van der Waals surface area contributed by atoms with Crippen molar-refractivity contribution in [1.82, 2.24) is 10.6 Å². The molecule has 2 amide bonds. The number of carboxylic acid groups (broad SMARTS) is 1. The highest BCUT2D eigenvalue weighted by Crippen LogP contribution is 1.84. The second-order valence-electron chi connectivity index (χ2n) is 3.05. The Morgan fingerprint density at radius 3 is 2.47 bits per heavy atom. The normalized spacial score (nSPS) is 11.4. The van der Waals surface area contributed by atoms with Crippen molar-refractivity contribution in [3.8, 4) is 0 Å². The SMILES string of the molecule is CCOC(=O)CCNC(=O)NCC(O)C(=O)O. The van der Waals surface area contributed by atoms with Gasteiger partial charge in [0.05, 0.1) is 19.6 Å². The summed E-state index contributed by atoms with van der Waals surface area (Å²) in [7, 11) is 0. The summed E-state index contributed by atoms with van der Waals surface area (Å²) in [6, 6.07) is -0.658. The molecule has 0 saturated heterocycles. The number of aliphatic carboxylic acids is 1. The van der Waals surface area contributed by atoms with Crippen molar-refractivity contribution >= 4 is 18.0 Å². The van der Waals surface area contributed by atoms with Crippen LogP contribution in [-0.4, -0.2) is 54.0 Å². The molecule has 0 saturated carbocycles. The fraction of sp³-hybridized carbons (Fsp3) is 0.667. The van der Waals surface area contributed by atoms with Gasteiger partial charge in [-0.2, -0.15) is 0 Å². The Bertz CT molecular complexity index is 281. The molecule has 8 heteroatoms. The number of nitrogens with one attached hydrogen (secondary N) is 2. The van der Waals surface area contributed by atoms with Crippen LogP contribution < -0.4 is 10.6 Å². The van der Waals surface area contributed by atoms with Crippen LogP contribution in [0.2, 0.25) is 0 Å². The van der Waals surface area contributed by atoms with Gasteiger partial charge in [-0.25, -0.2) is 9.59 Å². The largest absolute Gasteiger partial charge is 0.479 e. The Hall–Kier alpha value is -1.83. The topological polar surface area (TPSA) is 125 Å². The average Bonchev–Trinajstić information content (AvgIpc) is 2.26. The number of ether oxygens (including phenoxy) is 1. The first-order chi connectivity index (χ1) is 7.97. The molecule has 0 aromatic heterocycles. The molecule has 0 aromatic rings. The van der Waals surface area contributed by atoms with Gasteiger partial charge in [0.2, 0.25) is 0 Å². The average molecular weight is 248 g/mol. The summed E-state index contributed by atoms with van der Waals surface area (Å²) < 4.78 is 4.62. The molecule has 0 aromatic carbocycles. The Balaban J connectivity index is 3.60. The van der Waals surface area contributed by atoms with Crippen LogP contribution in [0.1, 0.15) is 13.3 Å². The quantitative estimate of drug-likeness (QED) is 0.414. The maximum Gasteiger partial charge on any atom is 0.334 e. The van der Waals surface area contributed by atoms with Crippen molar-refractivity contribution in [2.75, 3.05) is 19.7 Å². The monoisotopic (exact) mass is 248 g/mol. The maximum absolute atomic E-state index is 11.0. The number of urea groups is 1. The van der Waals surface area contributed by atoms with E-state index in [0.717, 1.165) is 0 Å². The minimum atomic E-state index is -1.65. The maximum atomic E-state index is 11.0. The molecule has 8 nitrogen and oxygen atoms in total. The molecule has 0 heterocycles. The van der Waals surface area contributed by atoms with Crippen LogP contribution in [0.25, 0.3) is 0 Å². The number of carboxylic acids is 1. The van der Waals surface area contributed by atoms with E-state index in [1.807, 2.05) is 0 Å². The zero-order chi connectivity index (χ0) is 13.3. The fourth-order valence-corrected chi connectivity index (χ4v) is 0.850. The summed E-state index contributed by atoms with van der Waals surface area (Å²) in [5.41, 5.74) is 0. The van der Waals surface area contributed by atoms with E-state index in [2.05, 4.69) is 15.4 Å². The second-order valence-corrected chi connectivity index (χ2v) is 3.05. The van der Waals surface area contributed by atoms with E-state index < -0.39 is 30.6 Å². The van der Waals surface area contributed by atoms with Gasteiger partial charge < -0.3 is 25.6 Å². The molecule has 0 fully saturated rings. The molecule has 1 atom stereocenters. The molecule has 0 aliphatic rings. The van der Waals surface area contributed by atoms with Gasteiger partial charge in [-0.05, 0) is 6.92 Å². The van der Waals surface area contributed by atoms with E-state index in [9.17, 15) is 14.4 Å².